The highest BCUT2D eigenvalue weighted by Crippen LogP contribution is 2.29. The minimum atomic E-state index is -0.0469. The van der Waals surface area contributed by atoms with Crippen LogP contribution in [0.5, 0.6) is 5.75 Å². The fourth-order valence-corrected chi connectivity index (χ4v) is 4.72. The van der Waals surface area contributed by atoms with Crippen molar-refractivity contribution in [3.05, 3.63) is 48.0 Å². The minimum Gasteiger partial charge on any atom is -0.492 e. The first-order chi connectivity index (χ1) is 17.1. The highest BCUT2D eigenvalue weighted by molar-refractivity contribution is 6.07. The molecule has 2 aromatic carbocycles. The van der Waals surface area contributed by atoms with Crippen molar-refractivity contribution in [3.8, 4) is 23.3 Å². The van der Waals surface area contributed by atoms with Crippen molar-refractivity contribution >= 4 is 22.7 Å². The third kappa shape index (κ3) is 5.20. The molecule has 5 rings (SSSR count). The number of nitrogens with one attached hydrogen (secondary N) is 1. The molecule has 180 valence electrons. The molecule has 0 radical (unpaired) electrons. The lowest BCUT2D eigenvalue weighted by molar-refractivity contribution is -0.122. The van der Waals surface area contributed by atoms with E-state index >= 15 is 0 Å². The second-order valence-corrected chi connectivity index (χ2v) is 9.16. The number of piperidine rings is 1. The van der Waals surface area contributed by atoms with Crippen molar-refractivity contribution in [2.24, 2.45) is 16.9 Å². The summed E-state index contributed by atoms with van der Waals surface area (Å²) in [6, 6.07) is 16.0. The molecule has 3 aromatic rings. The van der Waals surface area contributed by atoms with E-state index in [0.29, 0.717) is 24.5 Å². The molecular formula is C27H29N5O3. The van der Waals surface area contributed by atoms with Gasteiger partial charge in [0, 0.05) is 35.9 Å². The summed E-state index contributed by atoms with van der Waals surface area (Å²) in [5, 5.41) is 13.4. The van der Waals surface area contributed by atoms with Crippen LogP contribution in [0.3, 0.4) is 0 Å². The molecule has 1 atom stereocenters. The average molecular weight is 472 g/mol. The summed E-state index contributed by atoms with van der Waals surface area (Å²) in [4.78, 5) is 18.7. The van der Waals surface area contributed by atoms with E-state index in [0.717, 1.165) is 67.0 Å². The number of benzene rings is 2. The Bertz CT molecular complexity index is 1280. The Kier molecular flexibility index (Phi) is 6.77. The van der Waals surface area contributed by atoms with Crippen LogP contribution in [0.15, 0.2) is 52.0 Å². The summed E-state index contributed by atoms with van der Waals surface area (Å²) >= 11 is 0. The molecule has 0 bridgehead atoms. The van der Waals surface area contributed by atoms with Crippen molar-refractivity contribution in [1.82, 2.24) is 15.3 Å². The van der Waals surface area contributed by atoms with Gasteiger partial charge in [-0.05, 0) is 62.7 Å². The van der Waals surface area contributed by atoms with Gasteiger partial charge < -0.3 is 9.15 Å². The molecule has 3 heterocycles. The molecule has 8 nitrogen and oxygen atoms in total. The molecule has 1 amide bonds. The molecule has 1 N–H and O–H groups in total. The van der Waals surface area contributed by atoms with Crippen molar-refractivity contribution < 1.29 is 13.9 Å². The molecule has 1 saturated heterocycles. The van der Waals surface area contributed by atoms with Crippen molar-refractivity contribution in [3.63, 3.8) is 0 Å². The molecule has 1 aromatic heterocycles. The number of nitriles is 1. The number of hydrazone groups is 1. The van der Waals surface area contributed by atoms with Gasteiger partial charge >= 0.3 is 0 Å². The molecule has 0 saturated carbocycles. The fourth-order valence-electron chi connectivity index (χ4n) is 4.72. The molecule has 2 aliphatic rings. The Hall–Kier alpha value is -3.70. The predicted molar refractivity (Wildman–Crippen MR) is 133 cm³/mol. The number of carbonyl (C=O) groups excluding carboxylic acids is 1. The maximum Gasteiger partial charge on any atom is 0.240 e. The van der Waals surface area contributed by atoms with Crippen molar-refractivity contribution in [2.45, 2.75) is 32.6 Å². The van der Waals surface area contributed by atoms with Gasteiger partial charge in [0.05, 0.1) is 11.8 Å². The highest BCUT2D eigenvalue weighted by Gasteiger charge is 2.25. The zero-order valence-corrected chi connectivity index (χ0v) is 19.9. The quantitative estimate of drug-likeness (QED) is 0.549. The first-order valence-corrected chi connectivity index (χ1v) is 12.3. The largest absolute Gasteiger partial charge is 0.492 e. The normalized spacial score (nSPS) is 19.3. The molecule has 0 spiro atoms. The number of hydrogen-bond donors (Lipinski definition) is 1. The van der Waals surface area contributed by atoms with Gasteiger partial charge in [-0.15, -0.1) is 0 Å². The van der Waals surface area contributed by atoms with Gasteiger partial charge in [0.2, 0.25) is 11.8 Å². The monoisotopic (exact) mass is 471 g/mol. The van der Waals surface area contributed by atoms with Gasteiger partial charge in [0.15, 0.2) is 5.58 Å². The van der Waals surface area contributed by atoms with Crippen LogP contribution in [0.2, 0.25) is 0 Å². The maximum absolute atomic E-state index is 11.7. The molecule has 1 unspecified atom stereocenters. The lowest BCUT2D eigenvalue weighted by Gasteiger charge is -2.28. The highest BCUT2D eigenvalue weighted by atomic mass is 16.5. The molecule has 2 aliphatic heterocycles. The van der Waals surface area contributed by atoms with E-state index in [2.05, 4.69) is 33.4 Å². The Morgan fingerprint density at radius 3 is 2.86 bits per heavy atom. The maximum atomic E-state index is 11.7. The van der Waals surface area contributed by atoms with Crippen LogP contribution >= 0.6 is 0 Å². The summed E-state index contributed by atoms with van der Waals surface area (Å²) in [6.07, 6.45) is 3.16. The molecule has 1 fully saturated rings. The Balaban J connectivity index is 1.27. The van der Waals surface area contributed by atoms with Crippen LogP contribution in [0.1, 0.15) is 38.2 Å². The number of rotatable bonds is 7. The Morgan fingerprint density at radius 1 is 1.20 bits per heavy atom. The van der Waals surface area contributed by atoms with Crippen LogP contribution in [0.25, 0.3) is 22.6 Å². The number of ether oxygens (including phenoxy) is 1. The number of likely N-dealkylation sites (tertiary alicyclic amines) is 1. The smallest absolute Gasteiger partial charge is 0.240 e. The lowest BCUT2D eigenvalue weighted by Crippen LogP contribution is -2.36. The summed E-state index contributed by atoms with van der Waals surface area (Å²) < 4.78 is 12.1. The van der Waals surface area contributed by atoms with Gasteiger partial charge in [0.1, 0.15) is 17.9 Å². The van der Waals surface area contributed by atoms with Gasteiger partial charge in [-0.3, -0.25) is 9.69 Å². The van der Waals surface area contributed by atoms with Gasteiger partial charge in [-0.25, -0.2) is 10.4 Å². The number of hydrogen-bond acceptors (Lipinski definition) is 7. The van der Waals surface area contributed by atoms with Crippen LogP contribution < -0.4 is 10.2 Å². The lowest BCUT2D eigenvalue weighted by atomic mass is 9.90. The second-order valence-electron chi connectivity index (χ2n) is 9.16. The third-order valence-corrected chi connectivity index (χ3v) is 6.82. The first kappa shape index (κ1) is 23.1. The summed E-state index contributed by atoms with van der Waals surface area (Å²) in [7, 11) is 0. The Labute approximate surface area is 204 Å². The summed E-state index contributed by atoms with van der Waals surface area (Å²) in [6.45, 7) is 5.40. The number of amides is 1. The molecule has 0 aliphatic carbocycles. The van der Waals surface area contributed by atoms with Crippen molar-refractivity contribution in [1.29, 1.82) is 5.26 Å². The number of aromatic nitrogens is 1. The van der Waals surface area contributed by atoms with E-state index < -0.39 is 0 Å². The number of fused-ring (bicyclic) bond motifs is 1. The predicted octanol–water partition coefficient (Wildman–Crippen LogP) is 4.36. The van der Waals surface area contributed by atoms with Crippen LogP contribution in [0.4, 0.5) is 0 Å². The molecular weight excluding hydrogens is 442 g/mol. The van der Waals surface area contributed by atoms with E-state index in [1.165, 1.54) is 0 Å². The zero-order valence-electron chi connectivity index (χ0n) is 19.9. The fraction of sp³-hybridized carbons (Fsp3) is 0.407. The van der Waals surface area contributed by atoms with Crippen LogP contribution in [-0.2, 0) is 4.79 Å². The Morgan fingerprint density at radius 2 is 2.06 bits per heavy atom. The van der Waals surface area contributed by atoms with Crippen LogP contribution in [0, 0.1) is 23.2 Å². The first-order valence-electron chi connectivity index (χ1n) is 12.3. The zero-order chi connectivity index (χ0) is 24.2. The summed E-state index contributed by atoms with van der Waals surface area (Å²) in [5.74, 6) is 1.55. The number of carbonyl (C=O) groups is 1. The van der Waals surface area contributed by atoms with E-state index in [-0.39, 0.29) is 17.7 Å². The number of oxazole rings is 1. The minimum absolute atomic E-state index is 0.0469. The van der Waals surface area contributed by atoms with Gasteiger partial charge in [-0.2, -0.15) is 10.4 Å². The summed E-state index contributed by atoms with van der Waals surface area (Å²) in [5.41, 5.74) is 6.70. The van der Waals surface area contributed by atoms with Crippen molar-refractivity contribution in [2.75, 3.05) is 26.2 Å². The average Bonchev–Trinajstić information content (AvgIpc) is 3.33. The van der Waals surface area contributed by atoms with Gasteiger partial charge in [0.25, 0.3) is 0 Å². The van der Waals surface area contributed by atoms with E-state index in [1.807, 2.05) is 42.5 Å². The van der Waals surface area contributed by atoms with E-state index in [4.69, 9.17) is 14.4 Å². The van der Waals surface area contributed by atoms with E-state index in [9.17, 15) is 4.79 Å². The molecule has 8 heteroatoms. The van der Waals surface area contributed by atoms with E-state index in [1.54, 1.807) is 0 Å². The van der Waals surface area contributed by atoms with Crippen LogP contribution in [-0.4, -0.2) is 47.7 Å². The van der Waals surface area contributed by atoms with Gasteiger partial charge in [-0.1, -0.05) is 19.1 Å². The standard InChI is InChI=1S/C27H29N5O3/c1-2-19-16-25(33)30-31-26(19)20-6-7-23-24(15-20)35-27(29-23)21-4-3-5-22(14-21)34-13-12-32-10-8-18(17-28)9-11-32/h3-7,14-15,18-19H,2,8-13,16H2,1H3,(H,30,33). The number of nitrogens with zero attached hydrogens (tertiary/aromatic N) is 4. The SMILES string of the molecule is CCC1CC(=O)NN=C1c1ccc2nc(-c3cccc(OCCN4CCC(C#N)CC4)c3)oc2c1. The third-order valence-electron chi connectivity index (χ3n) is 6.82. The molecule has 35 heavy (non-hydrogen) atoms. The topological polar surface area (TPSA) is 104 Å². The second kappa shape index (κ2) is 10.3.